The van der Waals surface area contributed by atoms with Gasteiger partial charge >= 0.3 is 11.9 Å². The van der Waals surface area contributed by atoms with Crippen LogP contribution < -0.4 is 4.74 Å². The highest BCUT2D eigenvalue weighted by Gasteiger charge is 2.15. The Balaban J connectivity index is 1.95. The van der Waals surface area contributed by atoms with Gasteiger partial charge in [0.1, 0.15) is 17.3 Å². The predicted molar refractivity (Wildman–Crippen MR) is 114 cm³/mol. The SMILES string of the molecule is COC(=O)/C(=C/c1ccc(/C=C(\C(=O)O)c2ccc(OC)cc2)o1)c1ccccc1. The van der Waals surface area contributed by atoms with Crippen molar-refractivity contribution in [2.45, 2.75) is 0 Å². The molecular weight excluding hydrogens is 384 g/mol. The van der Waals surface area contributed by atoms with Crippen LogP contribution in [0, 0.1) is 0 Å². The summed E-state index contributed by atoms with van der Waals surface area (Å²) in [6.07, 6.45) is 2.99. The Labute approximate surface area is 173 Å². The molecule has 152 valence electrons. The Morgan fingerprint density at radius 2 is 1.37 bits per heavy atom. The topological polar surface area (TPSA) is 86.0 Å². The highest BCUT2D eigenvalue weighted by molar-refractivity contribution is 6.21. The molecule has 0 saturated heterocycles. The second-order valence-electron chi connectivity index (χ2n) is 6.25. The first-order valence-corrected chi connectivity index (χ1v) is 9.06. The fourth-order valence-electron chi connectivity index (χ4n) is 2.83. The van der Waals surface area contributed by atoms with Crippen molar-refractivity contribution in [3.8, 4) is 5.75 Å². The van der Waals surface area contributed by atoms with Gasteiger partial charge in [0.25, 0.3) is 0 Å². The number of benzene rings is 2. The number of esters is 1. The van der Waals surface area contributed by atoms with Gasteiger partial charge in [-0.15, -0.1) is 0 Å². The molecule has 0 atom stereocenters. The fourth-order valence-corrected chi connectivity index (χ4v) is 2.83. The van der Waals surface area contributed by atoms with Crippen LogP contribution in [-0.4, -0.2) is 31.3 Å². The molecule has 3 rings (SSSR count). The molecule has 1 aromatic heterocycles. The van der Waals surface area contributed by atoms with E-state index in [0.29, 0.717) is 34.0 Å². The highest BCUT2D eigenvalue weighted by Crippen LogP contribution is 2.25. The average molecular weight is 404 g/mol. The summed E-state index contributed by atoms with van der Waals surface area (Å²) in [6.45, 7) is 0. The van der Waals surface area contributed by atoms with Gasteiger partial charge in [-0.2, -0.15) is 0 Å². The molecule has 3 aromatic rings. The minimum Gasteiger partial charge on any atom is -0.497 e. The van der Waals surface area contributed by atoms with Crippen molar-refractivity contribution in [2.75, 3.05) is 14.2 Å². The Bertz CT molecular complexity index is 1090. The molecule has 0 saturated carbocycles. The van der Waals surface area contributed by atoms with Crippen LogP contribution in [0.1, 0.15) is 22.6 Å². The van der Waals surface area contributed by atoms with E-state index in [0.717, 1.165) is 0 Å². The summed E-state index contributed by atoms with van der Waals surface area (Å²) in [4.78, 5) is 23.9. The number of carboxylic acids is 1. The predicted octanol–water partition coefficient (Wildman–Crippen LogP) is 4.63. The van der Waals surface area contributed by atoms with Gasteiger partial charge in [-0.05, 0) is 47.5 Å². The molecule has 1 N–H and O–H groups in total. The van der Waals surface area contributed by atoms with Gasteiger partial charge < -0.3 is 19.0 Å². The lowest BCUT2D eigenvalue weighted by molar-refractivity contribution is -0.133. The number of carbonyl (C=O) groups is 2. The zero-order valence-corrected chi connectivity index (χ0v) is 16.5. The number of aliphatic carboxylic acids is 1. The zero-order chi connectivity index (χ0) is 21.5. The molecule has 0 unspecified atom stereocenters. The Hall–Kier alpha value is -4.06. The largest absolute Gasteiger partial charge is 0.497 e. The van der Waals surface area contributed by atoms with Crippen molar-refractivity contribution >= 4 is 35.2 Å². The molecular formula is C24H20O6. The van der Waals surface area contributed by atoms with Gasteiger partial charge in [-0.1, -0.05) is 42.5 Å². The van der Waals surface area contributed by atoms with Gasteiger partial charge in [0.05, 0.1) is 25.4 Å². The van der Waals surface area contributed by atoms with Crippen molar-refractivity contribution in [3.63, 3.8) is 0 Å². The lowest BCUT2D eigenvalue weighted by Crippen LogP contribution is -2.03. The van der Waals surface area contributed by atoms with Crippen LogP contribution >= 0.6 is 0 Å². The second kappa shape index (κ2) is 9.43. The van der Waals surface area contributed by atoms with E-state index in [-0.39, 0.29) is 5.57 Å². The third-order valence-corrected chi connectivity index (χ3v) is 4.34. The van der Waals surface area contributed by atoms with Crippen molar-refractivity contribution < 1.29 is 28.6 Å². The number of hydrogen-bond donors (Lipinski definition) is 1. The smallest absolute Gasteiger partial charge is 0.338 e. The number of methoxy groups -OCH3 is 2. The molecule has 2 aromatic carbocycles. The van der Waals surface area contributed by atoms with Gasteiger partial charge in [0.15, 0.2) is 0 Å². The number of rotatable bonds is 7. The number of carboxylic acid groups (broad SMARTS) is 1. The summed E-state index contributed by atoms with van der Waals surface area (Å²) in [7, 11) is 2.85. The van der Waals surface area contributed by atoms with Gasteiger partial charge in [0, 0.05) is 0 Å². The minimum absolute atomic E-state index is 0.0683. The van der Waals surface area contributed by atoms with Gasteiger partial charge in [-0.3, -0.25) is 0 Å². The number of hydrogen-bond acceptors (Lipinski definition) is 5. The van der Waals surface area contributed by atoms with Crippen LogP contribution in [0.25, 0.3) is 23.3 Å². The molecule has 0 aliphatic rings. The standard InChI is InChI=1S/C24H20O6/c1-28-18-10-8-17(9-11-18)21(23(25)26)14-19-12-13-20(30-19)15-22(24(27)29-2)16-6-4-3-5-7-16/h3-15H,1-2H3,(H,25,26)/b21-14-,22-15+. The number of carbonyl (C=O) groups excluding carboxylic acids is 1. The normalized spacial score (nSPS) is 11.8. The molecule has 6 heteroatoms. The van der Waals surface area contributed by atoms with Crippen LogP contribution in [0.2, 0.25) is 0 Å². The molecule has 0 radical (unpaired) electrons. The third-order valence-electron chi connectivity index (χ3n) is 4.34. The Morgan fingerprint density at radius 3 is 1.90 bits per heavy atom. The van der Waals surface area contributed by atoms with E-state index in [9.17, 15) is 14.7 Å². The zero-order valence-electron chi connectivity index (χ0n) is 16.5. The summed E-state index contributed by atoms with van der Waals surface area (Å²) in [5.74, 6) is -0.228. The first-order chi connectivity index (χ1) is 14.5. The van der Waals surface area contributed by atoms with Crippen LogP contribution in [0.4, 0.5) is 0 Å². The monoisotopic (exact) mass is 404 g/mol. The average Bonchev–Trinajstić information content (AvgIpc) is 3.23. The summed E-state index contributed by atoms with van der Waals surface area (Å²) in [5.41, 5.74) is 1.59. The lowest BCUT2D eigenvalue weighted by atomic mass is 10.0. The quantitative estimate of drug-likeness (QED) is 0.457. The Morgan fingerprint density at radius 1 is 0.800 bits per heavy atom. The van der Waals surface area contributed by atoms with Crippen molar-refractivity contribution in [2.24, 2.45) is 0 Å². The first kappa shape index (κ1) is 20.7. The fraction of sp³-hybridized carbons (Fsp3) is 0.0833. The summed E-state index contributed by atoms with van der Waals surface area (Å²) < 4.78 is 15.7. The maximum Gasteiger partial charge on any atom is 0.338 e. The molecule has 0 spiro atoms. The molecule has 30 heavy (non-hydrogen) atoms. The third kappa shape index (κ3) is 4.86. The minimum atomic E-state index is -1.09. The highest BCUT2D eigenvalue weighted by atomic mass is 16.5. The van der Waals surface area contributed by atoms with Crippen LogP contribution in [-0.2, 0) is 14.3 Å². The number of furan rings is 1. The first-order valence-electron chi connectivity index (χ1n) is 9.06. The maximum absolute atomic E-state index is 12.2. The molecule has 0 bridgehead atoms. The van der Waals surface area contributed by atoms with Gasteiger partial charge in [0.2, 0.25) is 0 Å². The molecule has 1 heterocycles. The molecule has 0 aliphatic heterocycles. The molecule has 0 amide bonds. The van der Waals surface area contributed by atoms with Crippen molar-refractivity contribution in [1.29, 1.82) is 0 Å². The molecule has 0 fully saturated rings. The van der Waals surface area contributed by atoms with E-state index >= 15 is 0 Å². The molecule has 6 nitrogen and oxygen atoms in total. The van der Waals surface area contributed by atoms with Crippen molar-refractivity contribution in [1.82, 2.24) is 0 Å². The van der Waals surface area contributed by atoms with Crippen molar-refractivity contribution in [3.05, 3.63) is 89.4 Å². The van der Waals surface area contributed by atoms with E-state index < -0.39 is 11.9 Å². The van der Waals surface area contributed by atoms with Gasteiger partial charge in [-0.25, -0.2) is 9.59 Å². The van der Waals surface area contributed by atoms with E-state index in [2.05, 4.69) is 0 Å². The maximum atomic E-state index is 12.2. The summed E-state index contributed by atoms with van der Waals surface area (Å²) >= 11 is 0. The summed E-state index contributed by atoms with van der Waals surface area (Å²) in [5, 5.41) is 9.61. The Kier molecular flexibility index (Phi) is 6.49. The van der Waals surface area contributed by atoms with Crippen LogP contribution in [0.5, 0.6) is 5.75 Å². The lowest BCUT2D eigenvalue weighted by Gasteiger charge is -2.05. The van der Waals surface area contributed by atoms with Crippen LogP contribution in [0.3, 0.4) is 0 Å². The van der Waals surface area contributed by atoms with Crippen LogP contribution in [0.15, 0.2) is 71.1 Å². The van der Waals surface area contributed by atoms with E-state index in [1.807, 2.05) is 18.2 Å². The van der Waals surface area contributed by atoms with E-state index in [1.165, 1.54) is 13.2 Å². The second-order valence-corrected chi connectivity index (χ2v) is 6.25. The number of ether oxygens (including phenoxy) is 2. The van der Waals surface area contributed by atoms with E-state index in [4.69, 9.17) is 13.9 Å². The van der Waals surface area contributed by atoms with E-state index in [1.54, 1.807) is 61.7 Å². The summed E-state index contributed by atoms with van der Waals surface area (Å²) in [6, 6.07) is 19.0. The molecule has 0 aliphatic carbocycles.